The fraction of sp³-hybridized carbons (Fsp3) is 0.484. The number of aromatic nitrogens is 3. The highest BCUT2D eigenvalue weighted by atomic mass is 32.2. The molecule has 7 nitrogen and oxygen atoms in total. The van der Waals surface area contributed by atoms with E-state index in [9.17, 15) is 9.59 Å². The number of unbranched alkanes of at least 4 members (excludes halogenated alkanes) is 2. The summed E-state index contributed by atoms with van der Waals surface area (Å²) in [6.07, 6.45) is 5.01. The molecule has 1 aromatic heterocycles. The van der Waals surface area contributed by atoms with E-state index in [-0.39, 0.29) is 17.9 Å². The molecule has 1 atom stereocenters. The predicted octanol–water partition coefficient (Wildman–Crippen LogP) is 6.06. The fourth-order valence-electron chi connectivity index (χ4n) is 5.02. The quantitative estimate of drug-likeness (QED) is 0.215. The second-order valence-electron chi connectivity index (χ2n) is 10.5. The maximum absolute atomic E-state index is 13.0. The van der Waals surface area contributed by atoms with Gasteiger partial charge in [-0.05, 0) is 51.3 Å². The summed E-state index contributed by atoms with van der Waals surface area (Å²) in [7, 11) is 0. The Kier molecular flexibility index (Phi) is 10.2. The van der Waals surface area contributed by atoms with Gasteiger partial charge in [-0.2, -0.15) is 0 Å². The second kappa shape index (κ2) is 13.8. The molecule has 1 aliphatic rings. The molecule has 3 aromatic rings. The average molecular weight is 548 g/mol. The summed E-state index contributed by atoms with van der Waals surface area (Å²) in [4.78, 5) is 29.4. The van der Waals surface area contributed by atoms with Gasteiger partial charge in [0.2, 0.25) is 11.8 Å². The van der Waals surface area contributed by atoms with Crippen LogP contribution in [0.15, 0.2) is 53.7 Å². The molecule has 1 saturated heterocycles. The Hall–Kier alpha value is -3.13. The minimum Gasteiger partial charge on any atom is -0.339 e. The lowest BCUT2D eigenvalue weighted by Crippen LogP contribution is -2.55. The normalized spacial score (nSPS) is 15.5. The van der Waals surface area contributed by atoms with Crippen molar-refractivity contribution >= 4 is 23.6 Å². The van der Waals surface area contributed by atoms with Gasteiger partial charge in [0.25, 0.3) is 0 Å². The number of hydrogen-bond acceptors (Lipinski definition) is 5. The zero-order chi connectivity index (χ0) is 27.8. The molecule has 0 bridgehead atoms. The van der Waals surface area contributed by atoms with Crippen molar-refractivity contribution in [1.82, 2.24) is 24.6 Å². The SMILES string of the molecule is CCCCCC(=O)N1CCN(C(=O)CCCSc2nnc(-c3ccc(C)cc3)n2-c2cccc(C)c2)CC1C. The third-order valence-electron chi connectivity index (χ3n) is 7.26. The summed E-state index contributed by atoms with van der Waals surface area (Å²) < 4.78 is 2.11. The number of amides is 2. The van der Waals surface area contributed by atoms with Crippen LogP contribution in [0.25, 0.3) is 17.1 Å². The van der Waals surface area contributed by atoms with Crippen LogP contribution in [0.3, 0.4) is 0 Å². The molecular formula is C31H41N5O2S. The van der Waals surface area contributed by atoms with Gasteiger partial charge in [-0.1, -0.05) is 73.5 Å². The van der Waals surface area contributed by atoms with Gasteiger partial charge in [-0.15, -0.1) is 10.2 Å². The lowest BCUT2D eigenvalue weighted by molar-refractivity contribution is -0.142. The van der Waals surface area contributed by atoms with Crippen molar-refractivity contribution in [2.45, 2.75) is 77.4 Å². The van der Waals surface area contributed by atoms with Crippen molar-refractivity contribution in [3.8, 4) is 17.1 Å². The van der Waals surface area contributed by atoms with Gasteiger partial charge >= 0.3 is 0 Å². The third-order valence-corrected chi connectivity index (χ3v) is 8.28. The van der Waals surface area contributed by atoms with Crippen LogP contribution in [-0.4, -0.2) is 67.8 Å². The second-order valence-corrected chi connectivity index (χ2v) is 11.6. The van der Waals surface area contributed by atoms with Crippen molar-refractivity contribution in [2.75, 3.05) is 25.4 Å². The van der Waals surface area contributed by atoms with Crippen LogP contribution in [-0.2, 0) is 9.59 Å². The van der Waals surface area contributed by atoms with Gasteiger partial charge in [-0.3, -0.25) is 14.2 Å². The van der Waals surface area contributed by atoms with Crippen LogP contribution in [0, 0.1) is 13.8 Å². The van der Waals surface area contributed by atoms with Crippen molar-refractivity contribution in [1.29, 1.82) is 0 Å². The molecule has 2 heterocycles. The molecule has 0 radical (unpaired) electrons. The van der Waals surface area contributed by atoms with E-state index in [1.54, 1.807) is 11.8 Å². The van der Waals surface area contributed by atoms with E-state index in [0.717, 1.165) is 53.7 Å². The molecule has 2 amide bonds. The van der Waals surface area contributed by atoms with E-state index in [2.05, 4.69) is 91.0 Å². The van der Waals surface area contributed by atoms with Gasteiger partial charge in [0.1, 0.15) is 0 Å². The fourth-order valence-corrected chi connectivity index (χ4v) is 5.91. The Morgan fingerprint density at radius 2 is 1.69 bits per heavy atom. The molecule has 1 aliphatic heterocycles. The van der Waals surface area contributed by atoms with Gasteiger partial charge in [0.15, 0.2) is 11.0 Å². The lowest BCUT2D eigenvalue weighted by atomic mass is 10.1. The van der Waals surface area contributed by atoms with Crippen LogP contribution in [0.5, 0.6) is 0 Å². The van der Waals surface area contributed by atoms with Crippen molar-refractivity contribution in [3.05, 3.63) is 59.7 Å². The van der Waals surface area contributed by atoms with E-state index in [4.69, 9.17) is 0 Å². The Balaban J connectivity index is 1.34. The van der Waals surface area contributed by atoms with Crippen LogP contribution in [0.4, 0.5) is 0 Å². The average Bonchev–Trinajstić information content (AvgIpc) is 3.35. The minimum absolute atomic E-state index is 0.0688. The highest BCUT2D eigenvalue weighted by Crippen LogP contribution is 2.29. The number of carbonyl (C=O) groups is 2. The summed E-state index contributed by atoms with van der Waals surface area (Å²) in [5.74, 6) is 1.98. The highest BCUT2D eigenvalue weighted by molar-refractivity contribution is 7.99. The summed E-state index contributed by atoms with van der Waals surface area (Å²) in [5.41, 5.74) is 4.43. The van der Waals surface area contributed by atoms with Crippen LogP contribution in [0.1, 0.15) is 63.5 Å². The number of benzene rings is 2. The first kappa shape index (κ1) is 28.9. The number of aryl methyl sites for hydroxylation is 2. The molecule has 4 rings (SSSR count). The number of carbonyl (C=O) groups excluding carboxylic acids is 2. The number of thioether (sulfide) groups is 1. The van der Waals surface area contributed by atoms with Crippen LogP contribution in [0.2, 0.25) is 0 Å². The first-order valence-electron chi connectivity index (χ1n) is 14.2. The number of hydrogen-bond donors (Lipinski definition) is 0. The lowest BCUT2D eigenvalue weighted by Gasteiger charge is -2.40. The number of nitrogens with zero attached hydrogens (tertiary/aromatic N) is 5. The summed E-state index contributed by atoms with van der Waals surface area (Å²) in [5, 5.41) is 9.91. The van der Waals surface area contributed by atoms with E-state index < -0.39 is 0 Å². The summed E-state index contributed by atoms with van der Waals surface area (Å²) in [6.45, 7) is 10.2. The van der Waals surface area contributed by atoms with Gasteiger partial charge in [0, 0.05) is 55.5 Å². The molecule has 0 aliphatic carbocycles. The maximum atomic E-state index is 13.0. The molecule has 1 fully saturated rings. The zero-order valence-corrected chi connectivity index (χ0v) is 24.5. The molecule has 8 heteroatoms. The van der Waals surface area contributed by atoms with Crippen LogP contribution >= 0.6 is 11.8 Å². The molecule has 0 N–H and O–H groups in total. The first-order valence-corrected chi connectivity index (χ1v) is 15.2. The Labute approximate surface area is 237 Å². The van der Waals surface area contributed by atoms with E-state index in [0.29, 0.717) is 32.5 Å². The molecule has 208 valence electrons. The van der Waals surface area contributed by atoms with E-state index in [1.807, 2.05) is 9.80 Å². The highest BCUT2D eigenvalue weighted by Gasteiger charge is 2.29. The number of piperazine rings is 1. The van der Waals surface area contributed by atoms with Gasteiger partial charge in [0.05, 0.1) is 0 Å². The molecule has 2 aromatic carbocycles. The van der Waals surface area contributed by atoms with Crippen LogP contribution < -0.4 is 0 Å². The first-order chi connectivity index (χ1) is 18.9. The molecule has 0 saturated carbocycles. The summed E-state index contributed by atoms with van der Waals surface area (Å²) in [6, 6.07) is 16.8. The monoisotopic (exact) mass is 547 g/mol. The predicted molar refractivity (Wildman–Crippen MR) is 158 cm³/mol. The molecule has 1 unspecified atom stereocenters. The van der Waals surface area contributed by atoms with Crippen molar-refractivity contribution in [3.63, 3.8) is 0 Å². The topological polar surface area (TPSA) is 71.3 Å². The molecule has 39 heavy (non-hydrogen) atoms. The maximum Gasteiger partial charge on any atom is 0.222 e. The van der Waals surface area contributed by atoms with Crippen molar-refractivity contribution < 1.29 is 9.59 Å². The third kappa shape index (κ3) is 7.50. The Morgan fingerprint density at radius 1 is 0.923 bits per heavy atom. The molecular weight excluding hydrogens is 506 g/mol. The number of rotatable bonds is 11. The van der Waals surface area contributed by atoms with Gasteiger partial charge < -0.3 is 9.80 Å². The van der Waals surface area contributed by atoms with E-state index >= 15 is 0 Å². The van der Waals surface area contributed by atoms with Gasteiger partial charge in [-0.25, -0.2) is 0 Å². The Bertz CT molecular complexity index is 1260. The minimum atomic E-state index is 0.0688. The van der Waals surface area contributed by atoms with Crippen molar-refractivity contribution in [2.24, 2.45) is 0 Å². The largest absolute Gasteiger partial charge is 0.339 e. The smallest absolute Gasteiger partial charge is 0.222 e. The summed E-state index contributed by atoms with van der Waals surface area (Å²) >= 11 is 1.63. The standard InChI is InChI=1S/C31H41N5O2S/c1-5-6-7-12-29(38)35-19-18-34(22-25(35)4)28(37)13-9-20-39-31-33-32-30(26-16-14-23(2)15-17-26)36(31)27-11-8-10-24(3)21-27/h8,10-11,14-17,21,25H,5-7,9,12-13,18-20,22H2,1-4H3. The van der Waals surface area contributed by atoms with E-state index in [1.165, 1.54) is 11.1 Å². The Morgan fingerprint density at radius 3 is 2.41 bits per heavy atom. The molecule has 0 spiro atoms. The zero-order valence-electron chi connectivity index (χ0n) is 23.7.